The first kappa shape index (κ1) is 9.55. The van der Waals surface area contributed by atoms with Crippen molar-refractivity contribution in [1.29, 1.82) is 0 Å². The molecule has 2 unspecified atom stereocenters. The van der Waals surface area contributed by atoms with Crippen LogP contribution in [-0.4, -0.2) is 9.97 Å². The molecule has 1 heterocycles. The molecule has 2 rings (SSSR count). The molecule has 1 aromatic rings. The second-order valence-electron chi connectivity index (χ2n) is 4.62. The molecular weight excluding hydrogens is 176 g/mol. The molecule has 0 spiro atoms. The summed E-state index contributed by atoms with van der Waals surface area (Å²) in [6.07, 6.45) is 6.39. The molecule has 0 aliphatic heterocycles. The van der Waals surface area contributed by atoms with Gasteiger partial charge in [-0.1, -0.05) is 13.8 Å². The van der Waals surface area contributed by atoms with Crippen molar-refractivity contribution in [2.75, 3.05) is 0 Å². The SMILES string of the molecule is CC1(C)CC1C(NN)c1cncnc1. The van der Waals surface area contributed by atoms with E-state index in [1.807, 2.05) is 12.4 Å². The molecule has 1 aliphatic rings. The summed E-state index contributed by atoms with van der Waals surface area (Å²) in [5.74, 6) is 6.16. The van der Waals surface area contributed by atoms with Gasteiger partial charge in [-0.15, -0.1) is 0 Å². The number of hydrazine groups is 1. The highest BCUT2D eigenvalue weighted by molar-refractivity contribution is 5.16. The van der Waals surface area contributed by atoms with Crippen molar-refractivity contribution in [2.45, 2.75) is 26.3 Å². The maximum Gasteiger partial charge on any atom is 0.115 e. The second kappa shape index (κ2) is 3.29. The predicted octanol–water partition coefficient (Wildman–Crippen LogP) is 1.03. The summed E-state index contributed by atoms with van der Waals surface area (Å²) in [4.78, 5) is 8.01. The zero-order chi connectivity index (χ0) is 10.2. The Morgan fingerprint density at radius 1 is 1.50 bits per heavy atom. The van der Waals surface area contributed by atoms with Crippen LogP contribution in [0.5, 0.6) is 0 Å². The Balaban J connectivity index is 2.16. The summed E-state index contributed by atoms with van der Waals surface area (Å²) in [5.41, 5.74) is 4.33. The summed E-state index contributed by atoms with van der Waals surface area (Å²) in [7, 11) is 0. The first-order valence-corrected chi connectivity index (χ1v) is 4.86. The Hall–Kier alpha value is -1.00. The topological polar surface area (TPSA) is 63.8 Å². The van der Waals surface area contributed by atoms with Crippen molar-refractivity contribution in [3.63, 3.8) is 0 Å². The van der Waals surface area contributed by atoms with Crippen molar-refractivity contribution < 1.29 is 0 Å². The van der Waals surface area contributed by atoms with E-state index in [-0.39, 0.29) is 6.04 Å². The highest BCUT2D eigenvalue weighted by Crippen LogP contribution is 2.57. The second-order valence-corrected chi connectivity index (χ2v) is 4.62. The number of aromatic nitrogens is 2. The normalized spacial score (nSPS) is 25.8. The average Bonchev–Trinajstić information content (AvgIpc) is 2.78. The van der Waals surface area contributed by atoms with Gasteiger partial charge in [0.25, 0.3) is 0 Å². The van der Waals surface area contributed by atoms with Gasteiger partial charge in [0.2, 0.25) is 0 Å². The molecule has 14 heavy (non-hydrogen) atoms. The zero-order valence-electron chi connectivity index (χ0n) is 8.57. The third kappa shape index (κ3) is 1.63. The van der Waals surface area contributed by atoms with E-state index in [9.17, 15) is 0 Å². The molecule has 76 valence electrons. The van der Waals surface area contributed by atoms with Crippen LogP contribution in [0, 0.1) is 11.3 Å². The third-order valence-corrected chi connectivity index (χ3v) is 3.11. The van der Waals surface area contributed by atoms with Crippen molar-refractivity contribution >= 4 is 0 Å². The standard InChI is InChI=1S/C10H16N4/c1-10(2)3-8(10)9(14-11)7-4-12-6-13-5-7/h4-6,8-9,14H,3,11H2,1-2H3. The van der Waals surface area contributed by atoms with Crippen LogP contribution < -0.4 is 11.3 Å². The molecule has 0 aromatic carbocycles. The van der Waals surface area contributed by atoms with Crippen molar-refractivity contribution in [2.24, 2.45) is 17.2 Å². The molecule has 4 heteroatoms. The van der Waals surface area contributed by atoms with Crippen LogP contribution >= 0.6 is 0 Å². The smallest absolute Gasteiger partial charge is 0.115 e. The minimum Gasteiger partial charge on any atom is -0.271 e. The van der Waals surface area contributed by atoms with Gasteiger partial charge < -0.3 is 0 Å². The molecule has 0 radical (unpaired) electrons. The Morgan fingerprint density at radius 3 is 2.50 bits per heavy atom. The van der Waals surface area contributed by atoms with E-state index in [0.717, 1.165) is 5.56 Å². The first-order chi connectivity index (χ1) is 6.65. The fourth-order valence-electron chi connectivity index (χ4n) is 1.99. The zero-order valence-corrected chi connectivity index (χ0v) is 8.57. The van der Waals surface area contributed by atoms with E-state index < -0.39 is 0 Å². The summed E-state index contributed by atoms with van der Waals surface area (Å²) in [6.45, 7) is 4.51. The van der Waals surface area contributed by atoms with E-state index in [2.05, 4.69) is 29.2 Å². The lowest BCUT2D eigenvalue weighted by molar-refractivity contribution is 0.421. The van der Waals surface area contributed by atoms with Crippen LogP contribution in [0.3, 0.4) is 0 Å². The summed E-state index contributed by atoms with van der Waals surface area (Å²) in [5, 5.41) is 0. The van der Waals surface area contributed by atoms with Gasteiger partial charge in [0.05, 0.1) is 6.04 Å². The molecule has 0 bridgehead atoms. The lowest BCUT2D eigenvalue weighted by Crippen LogP contribution is -2.30. The van der Waals surface area contributed by atoms with E-state index in [4.69, 9.17) is 5.84 Å². The highest BCUT2D eigenvalue weighted by Gasteiger charge is 2.50. The number of hydrogen-bond acceptors (Lipinski definition) is 4. The molecule has 1 fully saturated rings. The molecule has 0 amide bonds. The molecule has 2 atom stereocenters. The molecule has 4 nitrogen and oxygen atoms in total. The van der Waals surface area contributed by atoms with E-state index in [1.165, 1.54) is 12.7 Å². The third-order valence-electron chi connectivity index (χ3n) is 3.11. The van der Waals surface area contributed by atoms with E-state index in [1.54, 1.807) is 0 Å². The maximum absolute atomic E-state index is 5.56. The molecule has 1 aliphatic carbocycles. The van der Waals surface area contributed by atoms with Crippen LogP contribution in [0.1, 0.15) is 31.9 Å². The number of nitrogens with zero attached hydrogens (tertiary/aromatic N) is 2. The van der Waals surface area contributed by atoms with E-state index >= 15 is 0 Å². The highest BCUT2D eigenvalue weighted by atomic mass is 15.2. The van der Waals surface area contributed by atoms with Gasteiger partial charge in [-0.25, -0.2) is 9.97 Å². The van der Waals surface area contributed by atoms with Crippen molar-refractivity contribution in [3.05, 3.63) is 24.3 Å². The number of hydrogen-bond donors (Lipinski definition) is 2. The Bertz CT molecular complexity index is 309. The van der Waals surface area contributed by atoms with Gasteiger partial charge in [-0.2, -0.15) is 0 Å². The Kier molecular flexibility index (Phi) is 2.25. The van der Waals surface area contributed by atoms with Gasteiger partial charge in [0, 0.05) is 18.0 Å². The predicted molar refractivity (Wildman–Crippen MR) is 54.0 cm³/mol. The molecule has 1 aromatic heterocycles. The molecule has 3 N–H and O–H groups in total. The molecular formula is C10H16N4. The van der Waals surface area contributed by atoms with Gasteiger partial charge >= 0.3 is 0 Å². The van der Waals surface area contributed by atoms with E-state index in [0.29, 0.717) is 11.3 Å². The van der Waals surface area contributed by atoms with Crippen LogP contribution in [0.4, 0.5) is 0 Å². The number of rotatable bonds is 3. The number of nitrogens with one attached hydrogen (secondary N) is 1. The summed E-state index contributed by atoms with van der Waals surface area (Å²) >= 11 is 0. The van der Waals surface area contributed by atoms with Gasteiger partial charge in [-0.3, -0.25) is 11.3 Å². The summed E-state index contributed by atoms with van der Waals surface area (Å²) in [6, 6.07) is 0.186. The molecule has 0 saturated heterocycles. The fraction of sp³-hybridized carbons (Fsp3) is 0.600. The van der Waals surface area contributed by atoms with Gasteiger partial charge in [0.1, 0.15) is 6.33 Å². The first-order valence-electron chi connectivity index (χ1n) is 4.86. The minimum atomic E-state index is 0.186. The lowest BCUT2D eigenvalue weighted by atomic mass is 10.00. The monoisotopic (exact) mass is 192 g/mol. The van der Waals surface area contributed by atoms with Gasteiger partial charge in [0.15, 0.2) is 0 Å². The van der Waals surface area contributed by atoms with Crippen LogP contribution in [0.2, 0.25) is 0 Å². The Labute approximate surface area is 83.9 Å². The fourth-order valence-corrected chi connectivity index (χ4v) is 1.99. The lowest BCUT2D eigenvalue weighted by Gasteiger charge is -2.16. The van der Waals surface area contributed by atoms with Crippen LogP contribution in [-0.2, 0) is 0 Å². The number of nitrogens with two attached hydrogens (primary N) is 1. The van der Waals surface area contributed by atoms with Crippen molar-refractivity contribution in [3.8, 4) is 0 Å². The van der Waals surface area contributed by atoms with Crippen LogP contribution in [0.25, 0.3) is 0 Å². The quantitative estimate of drug-likeness (QED) is 0.554. The molecule has 1 saturated carbocycles. The van der Waals surface area contributed by atoms with Gasteiger partial charge in [-0.05, 0) is 17.8 Å². The summed E-state index contributed by atoms with van der Waals surface area (Å²) < 4.78 is 0. The van der Waals surface area contributed by atoms with Crippen molar-refractivity contribution in [1.82, 2.24) is 15.4 Å². The average molecular weight is 192 g/mol. The Morgan fingerprint density at radius 2 is 2.07 bits per heavy atom. The maximum atomic E-state index is 5.56. The van der Waals surface area contributed by atoms with Crippen LogP contribution in [0.15, 0.2) is 18.7 Å². The largest absolute Gasteiger partial charge is 0.271 e. The minimum absolute atomic E-state index is 0.186.